The van der Waals surface area contributed by atoms with Gasteiger partial charge in [0.1, 0.15) is 0 Å². The summed E-state index contributed by atoms with van der Waals surface area (Å²) in [6.45, 7) is 14.0. The minimum Gasteiger partial charge on any atom is -0.378 e. The van der Waals surface area contributed by atoms with E-state index in [-0.39, 0.29) is 35.1 Å². The van der Waals surface area contributed by atoms with E-state index in [0.717, 1.165) is 39.0 Å². The quantitative estimate of drug-likeness (QED) is 0.289. The monoisotopic (exact) mass is 626 g/mol. The lowest BCUT2D eigenvalue weighted by molar-refractivity contribution is 0.122. The standard InChI is InChI=1S/C34H42N8O4/c1-20(2)40-28-18-24-25(19-29(28)41(21(3)4)34(40)45)31(39-13-15-46-16-14-39)36-35-30(24)38-11-9-23(10-12-38)42-32(43)26-17-22(5)7-8-27(26)37(6)33(42)44/h7-8,17-21,23H,9-16H2,1-6H3. The van der Waals surface area contributed by atoms with Crippen LogP contribution in [0, 0.1) is 6.92 Å². The molecule has 7 rings (SSSR count). The normalized spacial score (nSPS) is 16.6. The van der Waals surface area contributed by atoms with E-state index in [1.54, 1.807) is 11.6 Å². The third kappa shape index (κ3) is 4.72. The first-order valence-electron chi connectivity index (χ1n) is 16.3. The molecule has 2 aliphatic rings. The Labute approximate surface area is 266 Å². The smallest absolute Gasteiger partial charge is 0.331 e. The molecule has 0 N–H and O–H groups in total. The van der Waals surface area contributed by atoms with E-state index < -0.39 is 0 Å². The fraction of sp³-hybridized carbons (Fsp3) is 0.500. The number of imidazole rings is 1. The fourth-order valence-corrected chi connectivity index (χ4v) is 7.35. The Bertz CT molecular complexity index is 2160. The number of morpholine rings is 1. The second kappa shape index (κ2) is 11.4. The first kappa shape index (κ1) is 30.2. The SMILES string of the molecule is Cc1ccc2c(c1)c(=O)n(C1CCN(c3nnc(N4CCOCC4)c4cc5c(cc34)n(C(C)C)c(=O)n5C(C)C)CC1)c(=O)n2C. The Morgan fingerprint density at radius 1 is 0.717 bits per heavy atom. The number of hydrogen-bond donors (Lipinski definition) is 0. The summed E-state index contributed by atoms with van der Waals surface area (Å²) in [5, 5.41) is 12.1. The van der Waals surface area contributed by atoms with Gasteiger partial charge in [-0.25, -0.2) is 9.59 Å². The van der Waals surface area contributed by atoms with Crippen molar-refractivity contribution < 1.29 is 4.74 Å². The topological polar surface area (TPSA) is 112 Å². The van der Waals surface area contributed by atoms with Crippen LogP contribution in [-0.4, -0.2) is 67.9 Å². The zero-order valence-corrected chi connectivity index (χ0v) is 27.5. The van der Waals surface area contributed by atoms with E-state index in [4.69, 9.17) is 14.9 Å². The van der Waals surface area contributed by atoms with Crippen molar-refractivity contribution in [3.05, 3.63) is 67.2 Å². The predicted octanol–water partition coefficient (Wildman–Crippen LogP) is 3.91. The summed E-state index contributed by atoms with van der Waals surface area (Å²) in [6.07, 6.45) is 1.23. The largest absolute Gasteiger partial charge is 0.378 e. The van der Waals surface area contributed by atoms with Gasteiger partial charge in [0, 0.05) is 62.1 Å². The summed E-state index contributed by atoms with van der Waals surface area (Å²) in [5.74, 6) is 1.54. The first-order valence-corrected chi connectivity index (χ1v) is 16.3. The number of rotatable bonds is 5. The highest BCUT2D eigenvalue weighted by molar-refractivity contribution is 6.06. The Morgan fingerprint density at radius 2 is 1.26 bits per heavy atom. The third-order valence-corrected chi connectivity index (χ3v) is 9.70. The van der Waals surface area contributed by atoms with Crippen molar-refractivity contribution in [2.24, 2.45) is 7.05 Å². The molecule has 2 aliphatic heterocycles. The number of aromatic nitrogens is 6. The van der Waals surface area contributed by atoms with Crippen LogP contribution in [0.15, 0.2) is 44.7 Å². The molecule has 12 nitrogen and oxygen atoms in total. The number of piperidine rings is 1. The molecule has 0 saturated carbocycles. The van der Waals surface area contributed by atoms with Crippen molar-refractivity contribution in [3.8, 4) is 0 Å². The van der Waals surface area contributed by atoms with Gasteiger partial charge in [-0.15, -0.1) is 10.2 Å². The molecule has 5 aromatic rings. The van der Waals surface area contributed by atoms with Crippen LogP contribution >= 0.6 is 0 Å². The summed E-state index contributed by atoms with van der Waals surface area (Å²) in [6, 6.07) is 9.59. The number of hydrogen-bond acceptors (Lipinski definition) is 8. The molecule has 12 heteroatoms. The van der Waals surface area contributed by atoms with Crippen molar-refractivity contribution in [1.82, 2.24) is 28.5 Å². The molecule has 0 unspecified atom stereocenters. The van der Waals surface area contributed by atoms with Gasteiger partial charge in [0.2, 0.25) is 0 Å². The molecule has 2 aromatic carbocycles. The van der Waals surface area contributed by atoms with E-state index in [9.17, 15) is 14.4 Å². The maximum Gasteiger partial charge on any atom is 0.331 e. The van der Waals surface area contributed by atoms with Crippen molar-refractivity contribution in [2.75, 3.05) is 49.2 Å². The molecule has 2 fully saturated rings. The average Bonchev–Trinajstić information content (AvgIpc) is 3.34. The second-order valence-electron chi connectivity index (χ2n) is 13.3. The lowest BCUT2D eigenvalue weighted by Crippen LogP contribution is -2.45. The molecule has 0 bridgehead atoms. The van der Waals surface area contributed by atoms with Crippen LogP contribution in [0.3, 0.4) is 0 Å². The average molecular weight is 627 g/mol. The molecule has 0 atom stereocenters. The molecule has 2 saturated heterocycles. The Kier molecular flexibility index (Phi) is 7.50. The van der Waals surface area contributed by atoms with Crippen LogP contribution < -0.4 is 26.7 Å². The Morgan fingerprint density at radius 3 is 1.80 bits per heavy atom. The highest BCUT2D eigenvalue weighted by Gasteiger charge is 2.29. The summed E-state index contributed by atoms with van der Waals surface area (Å²) < 4.78 is 12.4. The minimum atomic E-state index is -0.288. The van der Waals surface area contributed by atoms with E-state index in [2.05, 4.69) is 21.9 Å². The van der Waals surface area contributed by atoms with Crippen LogP contribution in [0.25, 0.3) is 32.7 Å². The number of aryl methyl sites for hydroxylation is 2. The molecule has 0 radical (unpaired) electrons. The molecule has 242 valence electrons. The van der Waals surface area contributed by atoms with Gasteiger partial charge in [0.05, 0.1) is 35.2 Å². The Hall–Kier alpha value is -4.45. The van der Waals surface area contributed by atoms with Crippen molar-refractivity contribution in [1.29, 1.82) is 0 Å². The van der Waals surface area contributed by atoms with Crippen LogP contribution in [0.1, 0.15) is 64.2 Å². The maximum atomic E-state index is 13.7. The summed E-state index contributed by atoms with van der Waals surface area (Å²) in [5.41, 5.74) is 2.84. The van der Waals surface area contributed by atoms with Gasteiger partial charge < -0.3 is 14.5 Å². The molecular weight excluding hydrogens is 584 g/mol. The molecule has 0 spiro atoms. The van der Waals surface area contributed by atoms with E-state index in [0.29, 0.717) is 63.1 Å². The van der Waals surface area contributed by atoms with Crippen LogP contribution in [0.2, 0.25) is 0 Å². The summed E-state index contributed by atoms with van der Waals surface area (Å²) >= 11 is 0. The minimum absolute atomic E-state index is 0.0114. The number of fused-ring (bicyclic) bond motifs is 3. The van der Waals surface area contributed by atoms with E-state index in [1.165, 1.54) is 4.57 Å². The fourth-order valence-electron chi connectivity index (χ4n) is 7.35. The van der Waals surface area contributed by atoms with Gasteiger partial charge in [-0.2, -0.15) is 0 Å². The lowest BCUT2D eigenvalue weighted by atomic mass is 10.0. The van der Waals surface area contributed by atoms with Crippen LogP contribution in [0.5, 0.6) is 0 Å². The molecule has 0 aliphatic carbocycles. The van der Waals surface area contributed by atoms with Crippen molar-refractivity contribution in [3.63, 3.8) is 0 Å². The third-order valence-electron chi connectivity index (χ3n) is 9.70. The van der Waals surface area contributed by atoms with Gasteiger partial charge in [0.15, 0.2) is 11.6 Å². The highest BCUT2D eigenvalue weighted by atomic mass is 16.5. The van der Waals surface area contributed by atoms with Crippen LogP contribution in [0.4, 0.5) is 11.6 Å². The van der Waals surface area contributed by atoms with Crippen molar-refractivity contribution >= 4 is 44.3 Å². The first-order chi connectivity index (χ1) is 22.1. The molecule has 46 heavy (non-hydrogen) atoms. The highest BCUT2D eigenvalue weighted by Crippen LogP contribution is 2.37. The molecule has 0 amide bonds. The Balaban J connectivity index is 1.33. The zero-order valence-electron chi connectivity index (χ0n) is 27.5. The summed E-state index contributed by atoms with van der Waals surface area (Å²) in [7, 11) is 1.73. The van der Waals surface area contributed by atoms with Gasteiger partial charge in [-0.1, -0.05) is 11.6 Å². The number of benzene rings is 2. The second-order valence-corrected chi connectivity index (χ2v) is 13.3. The van der Waals surface area contributed by atoms with E-state index in [1.807, 2.05) is 62.0 Å². The molecule has 5 heterocycles. The maximum absolute atomic E-state index is 13.7. The predicted molar refractivity (Wildman–Crippen MR) is 182 cm³/mol. The van der Waals surface area contributed by atoms with E-state index >= 15 is 0 Å². The van der Waals surface area contributed by atoms with Gasteiger partial charge in [0.25, 0.3) is 5.56 Å². The number of ether oxygens (including phenoxy) is 1. The molecular formula is C34H42N8O4. The van der Waals surface area contributed by atoms with Gasteiger partial charge >= 0.3 is 11.4 Å². The summed E-state index contributed by atoms with van der Waals surface area (Å²) in [4.78, 5) is 45.2. The van der Waals surface area contributed by atoms with Crippen LogP contribution in [-0.2, 0) is 11.8 Å². The zero-order chi connectivity index (χ0) is 32.4. The van der Waals surface area contributed by atoms with Crippen molar-refractivity contribution in [2.45, 2.75) is 65.6 Å². The van der Waals surface area contributed by atoms with Gasteiger partial charge in [-0.05, 0) is 71.7 Å². The molecule has 3 aromatic heterocycles. The lowest BCUT2D eigenvalue weighted by Gasteiger charge is -2.34. The van der Waals surface area contributed by atoms with Gasteiger partial charge in [-0.3, -0.25) is 23.1 Å². The number of nitrogens with zero attached hydrogens (tertiary/aromatic N) is 8. The number of anilines is 2.